The molecule has 0 amide bonds. The number of aromatic amines is 1. The van der Waals surface area contributed by atoms with Crippen LogP contribution in [0, 0.1) is 0 Å². The summed E-state index contributed by atoms with van der Waals surface area (Å²) >= 11 is 0. The quantitative estimate of drug-likeness (QED) is 0.485. The Morgan fingerprint density at radius 2 is 2.07 bits per heavy atom. The second-order valence-corrected chi connectivity index (χ2v) is 6.55. The Balaban J connectivity index is 1.37. The summed E-state index contributed by atoms with van der Waals surface area (Å²) in [5, 5.41) is 18.9. The van der Waals surface area contributed by atoms with Crippen LogP contribution in [-0.2, 0) is 13.0 Å². The van der Waals surface area contributed by atoms with Gasteiger partial charge in [0.15, 0.2) is 5.65 Å². The van der Waals surface area contributed by atoms with Gasteiger partial charge in [0, 0.05) is 18.2 Å². The van der Waals surface area contributed by atoms with Crippen molar-refractivity contribution in [1.82, 2.24) is 35.3 Å². The number of nitrogen functional groups attached to an aromatic ring is 1. The van der Waals surface area contributed by atoms with E-state index in [4.69, 9.17) is 10.3 Å². The Labute approximate surface area is 159 Å². The number of nitrogens with two attached hydrogens (primary N) is 1. The first-order valence-electron chi connectivity index (χ1n) is 8.71. The van der Waals surface area contributed by atoms with Gasteiger partial charge < -0.3 is 10.3 Å². The lowest BCUT2D eigenvalue weighted by atomic mass is 10.1. The summed E-state index contributed by atoms with van der Waals surface area (Å²) in [6.45, 7) is 0.664. The van der Waals surface area contributed by atoms with E-state index in [1.807, 2.05) is 35.3 Å². The average molecular weight is 372 g/mol. The number of H-pyrrole nitrogens is 1. The Bertz CT molecular complexity index is 1240. The molecule has 9 nitrogen and oxygen atoms in total. The maximum absolute atomic E-state index is 5.88. The lowest BCUT2D eigenvalue weighted by Gasteiger charge is -2.04. The van der Waals surface area contributed by atoms with E-state index in [9.17, 15) is 0 Å². The highest BCUT2D eigenvalue weighted by molar-refractivity contribution is 5.76. The highest BCUT2D eigenvalue weighted by atomic mass is 16.5. The first kappa shape index (κ1) is 16.2. The van der Waals surface area contributed by atoms with E-state index in [0.29, 0.717) is 24.4 Å². The van der Waals surface area contributed by atoms with E-state index in [1.54, 1.807) is 12.5 Å². The minimum atomic E-state index is 0.437. The van der Waals surface area contributed by atoms with Crippen LogP contribution in [0.25, 0.3) is 22.3 Å². The molecule has 4 aromatic heterocycles. The molecule has 0 radical (unpaired) electrons. The molecule has 0 aliphatic rings. The zero-order chi connectivity index (χ0) is 18.9. The molecule has 5 rings (SSSR count). The van der Waals surface area contributed by atoms with Gasteiger partial charge in [-0.1, -0.05) is 28.6 Å². The number of aromatic nitrogens is 7. The summed E-state index contributed by atoms with van der Waals surface area (Å²) in [6, 6.07) is 10.0. The van der Waals surface area contributed by atoms with Gasteiger partial charge in [0.25, 0.3) is 0 Å². The molecule has 0 atom stereocenters. The van der Waals surface area contributed by atoms with E-state index in [1.165, 1.54) is 0 Å². The van der Waals surface area contributed by atoms with Crippen molar-refractivity contribution in [2.24, 2.45) is 0 Å². The third-order valence-corrected chi connectivity index (χ3v) is 4.52. The van der Waals surface area contributed by atoms with Crippen LogP contribution in [0.1, 0.15) is 16.7 Å². The fourth-order valence-corrected chi connectivity index (χ4v) is 3.25. The molecule has 3 N–H and O–H groups in total. The summed E-state index contributed by atoms with van der Waals surface area (Å²) in [5.41, 5.74) is 12.4. The van der Waals surface area contributed by atoms with Crippen molar-refractivity contribution in [3.8, 4) is 11.1 Å². The number of hydrogen-bond donors (Lipinski definition) is 2. The van der Waals surface area contributed by atoms with Gasteiger partial charge in [-0.2, -0.15) is 5.10 Å². The van der Waals surface area contributed by atoms with Crippen molar-refractivity contribution in [2.45, 2.75) is 13.0 Å². The van der Waals surface area contributed by atoms with Crippen molar-refractivity contribution in [1.29, 1.82) is 0 Å². The van der Waals surface area contributed by atoms with Crippen LogP contribution in [0.3, 0.4) is 0 Å². The van der Waals surface area contributed by atoms with E-state index in [-0.39, 0.29) is 0 Å². The maximum atomic E-state index is 5.88. The monoisotopic (exact) mass is 372 g/mol. The Hall–Kier alpha value is -4.01. The molecule has 0 fully saturated rings. The zero-order valence-corrected chi connectivity index (χ0v) is 14.8. The van der Waals surface area contributed by atoms with Crippen molar-refractivity contribution in [3.05, 3.63) is 71.9 Å². The molecule has 1 aromatic carbocycles. The van der Waals surface area contributed by atoms with E-state index < -0.39 is 0 Å². The smallest absolute Gasteiger partial charge is 0.178 e. The standard InChI is InChI=1S/C19H16N8O/c20-17-6-15(18-19(23-17)25-26-24-18)5-13-7-21-27(10-13)9-12-2-1-3-14(4-12)16-8-22-28-11-16/h1-4,6-8,10-11H,5,9H2,(H3,20,23,24,25,26). The molecule has 0 saturated heterocycles. The minimum Gasteiger partial charge on any atom is -0.384 e. The highest BCUT2D eigenvalue weighted by Crippen LogP contribution is 2.21. The predicted octanol–water partition coefficient (Wildman–Crippen LogP) is 2.43. The molecule has 0 spiro atoms. The largest absolute Gasteiger partial charge is 0.384 e. The third-order valence-electron chi connectivity index (χ3n) is 4.52. The van der Waals surface area contributed by atoms with Gasteiger partial charge in [-0.15, -0.1) is 5.10 Å². The van der Waals surface area contributed by atoms with Gasteiger partial charge in [-0.05, 0) is 34.4 Å². The van der Waals surface area contributed by atoms with Crippen molar-refractivity contribution in [2.75, 3.05) is 5.73 Å². The van der Waals surface area contributed by atoms with Crippen molar-refractivity contribution in [3.63, 3.8) is 0 Å². The second kappa shape index (κ2) is 6.62. The van der Waals surface area contributed by atoms with E-state index in [2.05, 4.69) is 42.8 Å². The maximum Gasteiger partial charge on any atom is 0.178 e. The summed E-state index contributed by atoms with van der Waals surface area (Å²) < 4.78 is 6.84. The van der Waals surface area contributed by atoms with E-state index in [0.717, 1.165) is 33.3 Å². The molecule has 0 aliphatic heterocycles. The number of anilines is 1. The third kappa shape index (κ3) is 3.09. The molecular formula is C19H16N8O. The van der Waals surface area contributed by atoms with Crippen LogP contribution >= 0.6 is 0 Å². The molecule has 138 valence electrons. The van der Waals surface area contributed by atoms with Crippen molar-refractivity contribution >= 4 is 17.0 Å². The Morgan fingerprint density at radius 1 is 1.11 bits per heavy atom. The van der Waals surface area contributed by atoms with Gasteiger partial charge in [-0.25, -0.2) is 10.1 Å². The molecular weight excluding hydrogens is 356 g/mol. The number of hydrogen-bond acceptors (Lipinski definition) is 7. The van der Waals surface area contributed by atoms with Crippen LogP contribution in [0.2, 0.25) is 0 Å². The van der Waals surface area contributed by atoms with Crippen LogP contribution < -0.4 is 5.73 Å². The molecule has 0 saturated carbocycles. The predicted molar refractivity (Wildman–Crippen MR) is 102 cm³/mol. The molecule has 9 heteroatoms. The first-order chi connectivity index (χ1) is 13.7. The number of nitrogens with one attached hydrogen (secondary N) is 1. The molecule has 0 aliphatic carbocycles. The Kier molecular flexibility index (Phi) is 3.82. The average Bonchev–Trinajstić information content (AvgIpc) is 3.43. The SMILES string of the molecule is Nc1cc(Cc2cnn(Cc3cccc(-c4cnoc4)c3)c2)c2nn[nH]c2n1. The van der Waals surface area contributed by atoms with Gasteiger partial charge in [0.2, 0.25) is 0 Å². The summed E-state index contributed by atoms with van der Waals surface area (Å²) in [4.78, 5) is 4.19. The van der Waals surface area contributed by atoms with Gasteiger partial charge in [0.05, 0.1) is 18.9 Å². The lowest BCUT2D eigenvalue weighted by Crippen LogP contribution is -2.00. The molecule has 5 aromatic rings. The Morgan fingerprint density at radius 3 is 2.96 bits per heavy atom. The van der Waals surface area contributed by atoms with Crippen LogP contribution in [-0.4, -0.2) is 35.3 Å². The minimum absolute atomic E-state index is 0.437. The van der Waals surface area contributed by atoms with Crippen molar-refractivity contribution < 1.29 is 4.52 Å². The highest BCUT2D eigenvalue weighted by Gasteiger charge is 2.10. The van der Waals surface area contributed by atoms with Gasteiger partial charge >= 0.3 is 0 Å². The fourth-order valence-electron chi connectivity index (χ4n) is 3.25. The van der Waals surface area contributed by atoms with Crippen LogP contribution in [0.4, 0.5) is 5.82 Å². The number of nitrogens with zero attached hydrogens (tertiary/aromatic N) is 6. The summed E-state index contributed by atoms with van der Waals surface area (Å²) in [5.74, 6) is 0.437. The molecule has 0 unspecified atom stereocenters. The van der Waals surface area contributed by atoms with Gasteiger partial charge in [0.1, 0.15) is 17.6 Å². The number of benzene rings is 1. The summed E-state index contributed by atoms with van der Waals surface area (Å²) in [6.07, 6.45) is 7.86. The number of rotatable bonds is 5. The molecule has 28 heavy (non-hydrogen) atoms. The molecule has 4 heterocycles. The zero-order valence-electron chi connectivity index (χ0n) is 14.8. The lowest BCUT2D eigenvalue weighted by molar-refractivity contribution is 0.420. The summed E-state index contributed by atoms with van der Waals surface area (Å²) in [7, 11) is 0. The van der Waals surface area contributed by atoms with Gasteiger partial charge in [-0.3, -0.25) is 4.68 Å². The van der Waals surface area contributed by atoms with Crippen LogP contribution in [0.15, 0.2) is 59.7 Å². The normalized spacial score (nSPS) is 11.3. The van der Waals surface area contributed by atoms with E-state index >= 15 is 0 Å². The topological polar surface area (TPSA) is 124 Å². The molecule has 0 bridgehead atoms. The number of fused-ring (bicyclic) bond motifs is 1. The van der Waals surface area contributed by atoms with Crippen LogP contribution in [0.5, 0.6) is 0 Å². The number of pyridine rings is 1. The fraction of sp³-hybridized carbons (Fsp3) is 0.105. The second-order valence-electron chi connectivity index (χ2n) is 6.55. The first-order valence-corrected chi connectivity index (χ1v) is 8.71.